The van der Waals surface area contributed by atoms with Crippen LogP contribution in [0.4, 0.5) is 0 Å². The van der Waals surface area contributed by atoms with Crippen LogP contribution in [0.25, 0.3) is 16.5 Å². The van der Waals surface area contributed by atoms with Crippen LogP contribution >= 0.6 is 0 Å². The summed E-state index contributed by atoms with van der Waals surface area (Å²) in [6.45, 7) is 3.60. The highest BCUT2D eigenvalue weighted by Crippen LogP contribution is 2.36. The molecule has 0 saturated carbocycles. The van der Waals surface area contributed by atoms with Gasteiger partial charge in [-0.1, -0.05) is 12.1 Å². The molecule has 1 aromatic heterocycles. The molecule has 0 bridgehead atoms. The van der Waals surface area contributed by atoms with E-state index in [9.17, 15) is 4.79 Å². The van der Waals surface area contributed by atoms with E-state index in [2.05, 4.69) is 41.7 Å². The smallest absolute Gasteiger partial charge is 0.216 e. The third-order valence-electron chi connectivity index (χ3n) is 3.58. The van der Waals surface area contributed by atoms with Crippen LogP contribution < -0.4 is 5.32 Å². The van der Waals surface area contributed by atoms with Gasteiger partial charge in [-0.15, -0.1) is 0 Å². The second kappa shape index (κ2) is 5.90. The van der Waals surface area contributed by atoms with Crippen LogP contribution in [0.15, 0.2) is 24.4 Å². The molecule has 0 fully saturated rings. The Morgan fingerprint density at radius 2 is 2.10 bits per heavy atom. The summed E-state index contributed by atoms with van der Waals surface area (Å²) >= 11 is 0. The highest BCUT2D eigenvalue weighted by Gasteiger charge is 2.19. The summed E-state index contributed by atoms with van der Waals surface area (Å²) in [4.78, 5) is 9.70. The number of fused-ring (bicyclic) bond motifs is 3. The van der Waals surface area contributed by atoms with Gasteiger partial charge in [-0.25, -0.2) is 0 Å². The molecule has 4 nitrogen and oxygen atoms in total. The first kappa shape index (κ1) is 14.3. The van der Waals surface area contributed by atoms with Crippen LogP contribution in [-0.4, -0.2) is 22.7 Å². The van der Waals surface area contributed by atoms with Crippen LogP contribution in [0.2, 0.25) is 0 Å². The van der Waals surface area contributed by atoms with Crippen molar-refractivity contribution < 1.29 is 4.79 Å². The fourth-order valence-corrected chi connectivity index (χ4v) is 2.53. The van der Waals surface area contributed by atoms with Crippen LogP contribution in [-0.2, 0) is 18.3 Å². The summed E-state index contributed by atoms with van der Waals surface area (Å²) < 4.78 is 1.90. The largest absolute Gasteiger partial charge is 0.359 e. The van der Waals surface area contributed by atoms with Crippen molar-refractivity contribution in [1.82, 2.24) is 15.1 Å². The number of aromatic nitrogens is 2. The summed E-state index contributed by atoms with van der Waals surface area (Å²) in [6, 6.07) is 4.36. The predicted molar refractivity (Wildman–Crippen MR) is 82.4 cm³/mol. The zero-order chi connectivity index (χ0) is 14.7. The molecule has 106 valence electrons. The van der Waals surface area contributed by atoms with Gasteiger partial charge >= 0.3 is 0 Å². The van der Waals surface area contributed by atoms with Crippen molar-refractivity contribution >= 4 is 22.4 Å². The number of aryl methyl sites for hydroxylation is 2. The molecule has 1 amide bonds. The average molecular weight is 271 g/mol. The Bertz CT molecular complexity index is 668. The molecular formula is C16H21N3O. The number of hydrogen-bond acceptors (Lipinski definition) is 2. The first-order valence-electron chi connectivity index (χ1n) is 6.86. The van der Waals surface area contributed by atoms with Crippen LogP contribution in [0.5, 0.6) is 0 Å². The quantitative estimate of drug-likeness (QED) is 0.800. The van der Waals surface area contributed by atoms with Crippen LogP contribution in [0.1, 0.15) is 31.4 Å². The van der Waals surface area contributed by atoms with E-state index in [4.69, 9.17) is 0 Å². The van der Waals surface area contributed by atoms with Crippen molar-refractivity contribution in [3.63, 3.8) is 0 Å². The van der Waals surface area contributed by atoms with Gasteiger partial charge in [-0.05, 0) is 42.5 Å². The monoisotopic (exact) mass is 271 g/mol. The maximum atomic E-state index is 9.70. The number of nitrogens with zero attached hydrogens (tertiary/aromatic N) is 2. The summed E-state index contributed by atoms with van der Waals surface area (Å²) in [6.07, 6.45) is 6.72. The maximum Gasteiger partial charge on any atom is 0.216 e. The third kappa shape index (κ3) is 2.74. The molecule has 1 heterocycles. The lowest BCUT2D eigenvalue weighted by atomic mass is 10.0. The molecule has 0 saturated heterocycles. The Morgan fingerprint density at radius 3 is 2.70 bits per heavy atom. The summed E-state index contributed by atoms with van der Waals surface area (Å²) in [7, 11) is 3.58. The van der Waals surface area contributed by atoms with Crippen molar-refractivity contribution in [3.05, 3.63) is 35.5 Å². The van der Waals surface area contributed by atoms with E-state index in [1.807, 2.05) is 11.7 Å². The average Bonchev–Trinajstić information content (AvgIpc) is 3.00. The van der Waals surface area contributed by atoms with Crippen molar-refractivity contribution in [2.45, 2.75) is 26.7 Å². The van der Waals surface area contributed by atoms with Crippen LogP contribution in [0, 0.1) is 0 Å². The van der Waals surface area contributed by atoms with Gasteiger partial charge in [0, 0.05) is 32.6 Å². The predicted octanol–water partition coefficient (Wildman–Crippen LogP) is 2.68. The van der Waals surface area contributed by atoms with E-state index in [0.717, 1.165) is 5.52 Å². The van der Waals surface area contributed by atoms with E-state index in [1.54, 1.807) is 7.05 Å². The second-order valence-electron chi connectivity index (χ2n) is 4.96. The zero-order valence-electron chi connectivity index (χ0n) is 12.5. The Kier molecular flexibility index (Phi) is 4.23. The summed E-state index contributed by atoms with van der Waals surface area (Å²) in [5.74, 6) is 0.00463. The normalized spacial score (nSPS) is 14.9. The number of benzene rings is 1. The van der Waals surface area contributed by atoms with Gasteiger partial charge in [-0.2, -0.15) is 5.10 Å². The molecule has 20 heavy (non-hydrogen) atoms. The molecule has 3 rings (SSSR count). The van der Waals surface area contributed by atoms with Crippen molar-refractivity contribution in [3.8, 4) is 0 Å². The van der Waals surface area contributed by atoms with Crippen molar-refractivity contribution in [2.24, 2.45) is 7.05 Å². The Balaban J connectivity index is 0.000000257. The van der Waals surface area contributed by atoms with Crippen molar-refractivity contribution in [2.75, 3.05) is 7.05 Å². The fraction of sp³-hybridized carbons (Fsp3) is 0.375. The lowest BCUT2D eigenvalue weighted by molar-refractivity contribution is -0.118. The molecule has 1 aliphatic carbocycles. The number of allylic oxidation sites excluding steroid dienone is 2. The lowest BCUT2D eigenvalue weighted by Gasteiger charge is -2.01. The van der Waals surface area contributed by atoms with Gasteiger partial charge in [0.15, 0.2) is 0 Å². The van der Waals surface area contributed by atoms with E-state index < -0.39 is 0 Å². The van der Waals surface area contributed by atoms with Crippen molar-refractivity contribution in [1.29, 1.82) is 0 Å². The number of nitrogens with one attached hydrogen (secondary N) is 1. The second-order valence-corrected chi connectivity index (χ2v) is 4.96. The number of amides is 1. The zero-order valence-corrected chi connectivity index (χ0v) is 12.5. The molecule has 0 spiro atoms. The van der Waals surface area contributed by atoms with Crippen LogP contribution in [0.3, 0.4) is 0 Å². The van der Waals surface area contributed by atoms with Gasteiger partial charge in [0.25, 0.3) is 0 Å². The molecule has 0 radical (unpaired) electrons. The lowest BCUT2D eigenvalue weighted by Crippen LogP contribution is -2.11. The molecule has 2 aromatic rings. The van der Waals surface area contributed by atoms with E-state index in [-0.39, 0.29) is 5.91 Å². The topological polar surface area (TPSA) is 46.9 Å². The van der Waals surface area contributed by atoms with Gasteiger partial charge in [-0.3, -0.25) is 9.48 Å². The highest BCUT2D eigenvalue weighted by molar-refractivity contribution is 5.94. The molecule has 1 aromatic carbocycles. The summed E-state index contributed by atoms with van der Waals surface area (Å²) in [5, 5.41) is 8.14. The fourth-order valence-electron chi connectivity index (χ4n) is 2.53. The molecular weight excluding hydrogens is 250 g/mol. The molecule has 1 aliphatic rings. The maximum absolute atomic E-state index is 9.70. The minimum absolute atomic E-state index is 0.00463. The van der Waals surface area contributed by atoms with E-state index in [0.29, 0.717) is 0 Å². The standard InChI is InChI=1S/C13H14N2.C3H7NO/c1-3-9-4-5-10-6-7-12-11(13(9)10)8-15(2)14-12;1-3(5)4-2/h3,6-8H,4-5H2,1-2H3;1-2H3,(H,4,5)/b9-3+;. The number of rotatable bonds is 0. The molecule has 0 aliphatic heterocycles. The number of carbonyl (C=O) groups is 1. The SMILES string of the molecule is C/C=C1\CCc2ccc3nn(C)cc3c21.CNC(C)=O. The van der Waals surface area contributed by atoms with Gasteiger partial charge < -0.3 is 5.32 Å². The number of carbonyl (C=O) groups excluding carboxylic acids is 1. The Morgan fingerprint density at radius 1 is 1.40 bits per heavy atom. The minimum atomic E-state index is 0.00463. The molecule has 0 unspecified atom stereocenters. The minimum Gasteiger partial charge on any atom is -0.359 e. The Hall–Kier alpha value is -2.10. The van der Waals surface area contributed by atoms with Gasteiger partial charge in [0.1, 0.15) is 0 Å². The summed E-state index contributed by atoms with van der Waals surface area (Å²) in [5.41, 5.74) is 5.49. The van der Waals surface area contributed by atoms with Gasteiger partial charge in [0.05, 0.1) is 5.52 Å². The highest BCUT2D eigenvalue weighted by atomic mass is 16.1. The Labute approximate surface area is 119 Å². The van der Waals surface area contributed by atoms with E-state index >= 15 is 0 Å². The molecule has 0 atom stereocenters. The van der Waals surface area contributed by atoms with E-state index in [1.165, 1.54) is 41.9 Å². The third-order valence-corrected chi connectivity index (χ3v) is 3.58. The molecule has 1 N–H and O–H groups in total. The molecule has 4 heteroatoms. The first-order chi connectivity index (χ1) is 9.56. The van der Waals surface area contributed by atoms with Gasteiger partial charge in [0.2, 0.25) is 5.91 Å². The first-order valence-corrected chi connectivity index (χ1v) is 6.86. The number of hydrogen-bond donors (Lipinski definition) is 1.